The molecule has 5 rings (SSSR count). The summed E-state index contributed by atoms with van der Waals surface area (Å²) in [4.78, 5) is 19.7. The van der Waals surface area contributed by atoms with E-state index in [1.54, 1.807) is 18.2 Å². The first-order valence-electron chi connectivity index (χ1n) is 9.31. The number of ether oxygens (including phenoxy) is 3. The van der Waals surface area contributed by atoms with Gasteiger partial charge in [-0.1, -0.05) is 17.2 Å². The van der Waals surface area contributed by atoms with E-state index in [-0.39, 0.29) is 31.3 Å². The van der Waals surface area contributed by atoms with Crippen molar-refractivity contribution < 1.29 is 23.4 Å². The Morgan fingerprint density at radius 1 is 1.13 bits per heavy atom. The number of imidazole rings is 1. The van der Waals surface area contributed by atoms with Crippen LogP contribution in [-0.4, -0.2) is 46.0 Å². The Labute approximate surface area is 170 Å². The van der Waals surface area contributed by atoms with Gasteiger partial charge in [0.25, 0.3) is 11.8 Å². The van der Waals surface area contributed by atoms with Crippen molar-refractivity contribution in [3.63, 3.8) is 0 Å². The number of aromatic amines is 1. The SMILES string of the molecule is O=C(COc1nnc(-c2ccc3c(c2)OCO3)o1)NCCc1nc2ccccc2[nH]1. The Balaban J connectivity index is 1.11. The lowest BCUT2D eigenvalue weighted by Crippen LogP contribution is -2.30. The topological polar surface area (TPSA) is 124 Å². The Hall–Kier alpha value is -4.08. The lowest BCUT2D eigenvalue weighted by molar-refractivity contribution is -0.123. The smallest absolute Gasteiger partial charge is 0.415 e. The fourth-order valence-electron chi connectivity index (χ4n) is 3.04. The molecule has 0 saturated carbocycles. The molecule has 0 bridgehead atoms. The van der Waals surface area contributed by atoms with E-state index in [0.29, 0.717) is 30.0 Å². The van der Waals surface area contributed by atoms with Crippen molar-refractivity contribution in [2.45, 2.75) is 6.42 Å². The quantitative estimate of drug-likeness (QED) is 0.477. The molecule has 0 atom stereocenters. The Bertz CT molecular complexity index is 1170. The number of hydrogen-bond acceptors (Lipinski definition) is 8. The maximum Gasteiger partial charge on any atom is 0.415 e. The minimum atomic E-state index is -0.297. The predicted octanol–water partition coefficient (Wildman–Crippen LogP) is 2.08. The zero-order valence-corrected chi connectivity index (χ0v) is 15.8. The molecule has 10 nitrogen and oxygen atoms in total. The minimum absolute atomic E-state index is 0.0879. The molecular formula is C20H17N5O5. The largest absolute Gasteiger partial charge is 0.454 e. The van der Waals surface area contributed by atoms with Gasteiger partial charge >= 0.3 is 6.08 Å². The number of carbonyl (C=O) groups is 1. The van der Waals surface area contributed by atoms with E-state index in [9.17, 15) is 4.79 Å². The minimum Gasteiger partial charge on any atom is -0.454 e. The monoisotopic (exact) mass is 407 g/mol. The Morgan fingerprint density at radius 2 is 2.03 bits per heavy atom. The molecule has 1 aliphatic rings. The summed E-state index contributed by atoms with van der Waals surface area (Å²) in [7, 11) is 0. The van der Waals surface area contributed by atoms with Crippen molar-refractivity contribution in [1.82, 2.24) is 25.5 Å². The van der Waals surface area contributed by atoms with Gasteiger partial charge in [0.2, 0.25) is 6.79 Å². The van der Waals surface area contributed by atoms with Gasteiger partial charge in [0.15, 0.2) is 18.1 Å². The van der Waals surface area contributed by atoms with Crippen molar-refractivity contribution >= 4 is 16.9 Å². The van der Waals surface area contributed by atoms with Gasteiger partial charge in [-0.25, -0.2) is 4.98 Å². The van der Waals surface area contributed by atoms with Crippen LogP contribution >= 0.6 is 0 Å². The lowest BCUT2D eigenvalue weighted by Gasteiger charge is -2.03. The average molecular weight is 407 g/mol. The second-order valence-electron chi connectivity index (χ2n) is 6.53. The van der Waals surface area contributed by atoms with Crippen LogP contribution in [0.4, 0.5) is 0 Å². The molecule has 152 valence electrons. The molecule has 0 unspecified atom stereocenters. The molecule has 2 aromatic carbocycles. The van der Waals surface area contributed by atoms with Gasteiger partial charge in [0.1, 0.15) is 5.82 Å². The van der Waals surface area contributed by atoms with Crippen LogP contribution in [0.3, 0.4) is 0 Å². The van der Waals surface area contributed by atoms with Crippen molar-refractivity contribution in [2.75, 3.05) is 19.9 Å². The van der Waals surface area contributed by atoms with Gasteiger partial charge in [0, 0.05) is 18.5 Å². The Kier molecular flexibility index (Phi) is 4.64. The third-order valence-electron chi connectivity index (χ3n) is 4.48. The molecule has 0 spiro atoms. The normalized spacial score (nSPS) is 12.3. The van der Waals surface area contributed by atoms with E-state index >= 15 is 0 Å². The molecule has 4 aromatic rings. The van der Waals surface area contributed by atoms with Crippen LogP contribution in [0.1, 0.15) is 5.82 Å². The predicted molar refractivity (Wildman–Crippen MR) is 104 cm³/mol. The fraction of sp³-hybridized carbons (Fsp3) is 0.200. The van der Waals surface area contributed by atoms with Crippen LogP contribution in [0, 0.1) is 0 Å². The zero-order valence-electron chi connectivity index (χ0n) is 15.8. The van der Waals surface area contributed by atoms with E-state index < -0.39 is 0 Å². The second kappa shape index (κ2) is 7.74. The van der Waals surface area contributed by atoms with E-state index in [0.717, 1.165) is 16.9 Å². The highest BCUT2D eigenvalue weighted by Crippen LogP contribution is 2.35. The summed E-state index contributed by atoms with van der Waals surface area (Å²) in [6.45, 7) is 0.375. The number of nitrogens with one attached hydrogen (secondary N) is 2. The highest BCUT2D eigenvalue weighted by molar-refractivity contribution is 5.77. The van der Waals surface area contributed by atoms with Crippen molar-refractivity contribution in [3.05, 3.63) is 48.3 Å². The van der Waals surface area contributed by atoms with Gasteiger partial charge in [-0.3, -0.25) is 4.79 Å². The summed E-state index contributed by atoms with van der Waals surface area (Å²) in [5.74, 6) is 2.04. The van der Waals surface area contributed by atoms with Gasteiger partial charge in [-0.05, 0) is 30.3 Å². The van der Waals surface area contributed by atoms with E-state index in [1.807, 2.05) is 24.3 Å². The summed E-state index contributed by atoms with van der Waals surface area (Å²) < 4.78 is 21.3. The van der Waals surface area contributed by atoms with Crippen molar-refractivity contribution in [1.29, 1.82) is 0 Å². The molecule has 1 aliphatic heterocycles. The van der Waals surface area contributed by atoms with Crippen LogP contribution < -0.4 is 19.5 Å². The van der Waals surface area contributed by atoms with E-state index in [4.69, 9.17) is 18.6 Å². The lowest BCUT2D eigenvalue weighted by atomic mass is 10.2. The maximum absolute atomic E-state index is 12.0. The zero-order chi connectivity index (χ0) is 20.3. The number of nitrogens with zero attached hydrogens (tertiary/aromatic N) is 3. The highest BCUT2D eigenvalue weighted by Gasteiger charge is 2.17. The molecule has 1 amide bonds. The van der Waals surface area contributed by atoms with Crippen LogP contribution in [0.15, 0.2) is 46.9 Å². The number of rotatable bonds is 7. The van der Waals surface area contributed by atoms with Crippen molar-refractivity contribution in [3.8, 4) is 29.0 Å². The number of para-hydroxylation sites is 2. The number of hydrogen-bond donors (Lipinski definition) is 2. The first-order valence-corrected chi connectivity index (χ1v) is 9.31. The second-order valence-corrected chi connectivity index (χ2v) is 6.53. The number of aromatic nitrogens is 4. The summed E-state index contributed by atoms with van der Waals surface area (Å²) in [6.07, 6.45) is 0.491. The standard InChI is InChI=1S/C20H17N5O5/c26-18(21-8-7-17-22-13-3-1-2-4-14(13)23-17)10-27-20-25-24-19(30-20)12-5-6-15-16(9-12)29-11-28-15/h1-6,9H,7-8,10-11H2,(H,21,26)(H,22,23). The summed E-state index contributed by atoms with van der Waals surface area (Å²) in [5, 5.41) is 10.5. The number of carbonyl (C=O) groups excluding carboxylic acids is 1. The molecule has 3 heterocycles. The molecule has 0 aliphatic carbocycles. The van der Waals surface area contributed by atoms with E-state index in [1.165, 1.54) is 0 Å². The maximum atomic E-state index is 12.0. The van der Waals surface area contributed by atoms with Crippen LogP contribution in [0.25, 0.3) is 22.5 Å². The summed E-state index contributed by atoms with van der Waals surface area (Å²) >= 11 is 0. The number of benzene rings is 2. The molecular weight excluding hydrogens is 390 g/mol. The van der Waals surface area contributed by atoms with Gasteiger partial charge < -0.3 is 28.9 Å². The first kappa shape index (κ1) is 18.0. The Morgan fingerprint density at radius 3 is 2.97 bits per heavy atom. The highest BCUT2D eigenvalue weighted by atomic mass is 16.7. The molecule has 30 heavy (non-hydrogen) atoms. The van der Waals surface area contributed by atoms with Gasteiger partial charge in [0.05, 0.1) is 11.0 Å². The first-order chi connectivity index (χ1) is 14.7. The summed E-state index contributed by atoms with van der Waals surface area (Å²) in [5.41, 5.74) is 2.53. The fourth-order valence-corrected chi connectivity index (χ4v) is 3.04. The van der Waals surface area contributed by atoms with Gasteiger partial charge in [-0.2, -0.15) is 0 Å². The molecule has 2 aromatic heterocycles. The number of fused-ring (bicyclic) bond motifs is 2. The molecule has 0 fully saturated rings. The third kappa shape index (κ3) is 3.75. The molecule has 10 heteroatoms. The number of H-pyrrole nitrogens is 1. The molecule has 0 radical (unpaired) electrons. The van der Waals surface area contributed by atoms with Gasteiger partial charge in [-0.15, -0.1) is 5.10 Å². The van der Waals surface area contributed by atoms with Crippen LogP contribution in [0.5, 0.6) is 17.6 Å². The number of amides is 1. The van der Waals surface area contributed by atoms with E-state index in [2.05, 4.69) is 25.5 Å². The average Bonchev–Trinajstić information content (AvgIpc) is 3.50. The summed E-state index contributed by atoms with van der Waals surface area (Å²) in [6, 6.07) is 13.0. The van der Waals surface area contributed by atoms with Crippen molar-refractivity contribution in [2.24, 2.45) is 0 Å². The van der Waals surface area contributed by atoms with Crippen LogP contribution in [0.2, 0.25) is 0 Å². The van der Waals surface area contributed by atoms with Crippen LogP contribution in [-0.2, 0) is 11.2 Å². The molecule has 2 N–H and O–H groups in total. The third-order valence-corrected chi connectivity index (χ3v) is 4.48. The molecule has 0 saturated heterocycles.